The summed E-state index contributed by atoms with van der Waals surface area (Å²) in [7, 11) is 0. The first kappa shape index (κ1) is 41.4. The maximum atomic E-state index is 12.4. The van der Waals surface area contributed by atoms with Gasteiger partial charge in [-0.3, -0.25) is 14.4 Å². The van der Waals surface area contributed by atoms with E-state index in [2.05, 4.69) is 31.0 Å². The van der Waals surface area contributed by atoms with E-state index in [0.717, 1.165) is 122 Å². The van der Waals surface area contributed by atoms with Crippen LogP contribution in [0.3, 0.4) is 0 Å². The Kier molecular flexibility index (Phi) is 30.6. The van der Waals surface area contributed by atoms with Gasteiger partial charge in [0.1, 0.15) is 6.10 Å². The minimum atomic E-state index is -0.0461. The first-order chi connectivity index (χ1) is 20.9. The van der Waals surface area contributed by atoms with E-state index >= 15 is 0 Å². The van der Waals surface area contributed by atoms with Gasteiger partial charge in [0, 0.05) is 27.7 Å². The van der Waals surface area contributed by atoms with Crippen LogP contribution in [0.25, 0.3) is 0 Å². The van der Waals surface area contributed by atoms with Crippen molar-refractivity contribution in [3.8, 4) is 0 Å². The fourth-order valence-electron chi connectivity index (χ4n) is 5.34. The summed E-state index contributed by atoms with van der Waals surface area (Å²) < 4.78 is 11.1. The van der Waals surface area contributed by atoms with Crippen LogP contribution >= 0.6 is 0 Å². The molecule has 43 heavy (non-hydrogen) atoms. The van der Waals surface area contributed by atoms with Crippen LogP contribution in [0.2, 0.25) is 0 Å². The van der Waals surface area contributed by atoms with Crippen molar-refractivity contribution < 1.29 is 25.3 Å². The van der Waals surface area contributed by atoms with E-state index in [4.69, 9.17) is 9.47 Å². The van der Waals surface area contributed by atoms with Gasteiger partial charge in [-0.25, -0.2) is 0 Å². The first-order valence-corrected chi connectivity index (χ1v) is 18.2. The van der Waals surface area contributed by atoms with Crippen LogP contribution < -0.4 is 5.32 Å². The number of carbonyl (C=O) groups excluding carboxylic acids is 3. The van der Waals surface area contributed by atoms with Gasteiger partial charge in [0.15, 0.2) is 0 Å². The summed E-state index contributed by atoms with van der Waals surface area (Å²) >= 11 is 0. The number of rotatable bonds is 32. The zero-order valence-corrected chi connectivity index (χ0v) is 28.9. The maximum absolute atomic E-state index is 12.4. The third-order valence-electron chi connectivity index (χ3n) is 8.05. The Balaban J connectivity index is 0. The molecule has 0 saturated carbocycles. The number of esters is 2. The molecule has 0 fully saturated rings. The molecule has 0 aliphatic heterocycles. The highest BCUT2D eigenvalue weighted by atomic mass is 16.5. The zero-order valence-electron chi connectivity index (χ0n) is 28.9. The van der Waals surface area contributed by atoms with Crippen molar-refractivity contribution in [3.05, 3.63) is 0 Å². The van der Waals surface area contributed by atoms with Gasteiger partial charge in [0.2, 0.25) is 5.91 Å². The molecule has 0 aromatic rings. The molecule has 0 radical (unpaired) electrons. The van der Waals surface area contributed by atoms with Crippen LogP contribution in [0.1, 0.15) is 177 Å². The van der Waals surface area contributed by atoms with Crippen molar-refractivity contribution in [3.63, 3.8) is 0 Å². The molecule has 0 aliphatic carbocycles. The lowest BCUT2D eigenvalue weighted by molar-refractivity contribution is -0.150. The van der Waals surface area contributed by atoms with Crippen LogP contribution in [-0.4, -0.2) is 61.6 Å². The van der Waals surface area contributed by atoms with Gasteiger partial charge in [-0.2, -0.15) is 0 Å². The summed E-state index contributed by atoms with van der Waals surface area (Å²) in [5, 5.41) is 2.91. The summed E-state index contributed by atoms with van der Waals surface area (Å²) in [6.07, 6.45) is 24.3. The lowest BCUT2D eigenvalue weighted by atomic mass is 10.1. The Labute approximate surface area is 267 Å². The Morgan fingerprint density at radius 3 is 1.72 bits per heavy atom. The highest BCUT2D eigenvalue weighted by Gasteiger charge is 2.14. The number of nitrogens with one attached hydrogen (secondary N) is 1. The van der Waals surface area contributed by atoms with Gasteiger partial charge in [-0.05, 0) is 77.4 Å². The van der Waals surface area contributed by atoms with Gasteiger partial charge in [-0.15, -0.1) is 0 Å². The third-order valence-corrected chi connectivity index (χ3v) is 8.05. The van der Waals surface area contributed by atoms with Crippen LogP contribution in [0.15, 0.2) is 0 Å². The lowest BCUT2D eigenvalue weighted by Gasteiger charge is -2.22. The predicted octanol–water partition coefficient (Wildman–Crippen LogP) is 9.16. The van der Waals surface area contributed by atoms with E-state index < -0.39 is 0 Å². The Morgan fingerprint density at radius 1 is 0.605 bits per heavy atom. The second kappa shape index (κ2) is 31.8. The molecule has 1 N–H and O–H groups in total. The fourth-order valence-corrected chi connectivity index (χ4v) is 5.34. The van der Waals surface area contributed by atoms with Gasteiger partial charge >= 0.3 is 11.9 Å². The number of nitrogens with zero attached hydrogens (tertiary/aromatic N) is 1. The zero-order chi connectivity index (χ0) is 31.8. The average Bonchev–Trinajstić information content (AvgIpc) is 2.98. The van der Waals surface area contributed by atoms with Gasteiger partial charge in [0.25, 0.3) is 0 Å². The number of ether oxygens (including phenoxy) is 2. The summed E-state index contributed by atoms with van der Waals surface area (Å²) in [4.78, 5) is 37.9. The Hall–Kier alpha value is -1.63. The predicted molar refractivity (Wildman–Crippen MR) is 181 cm³/mol. The molecule has 0 spiro atoms. The average molecular weight is 613 g/mol. The number of carbonyl (C=O) groups is 3. The molecule has 1 unspecified atom stereocenters. The lowest BCUT2D eigenvalue weighted by Crippen LogP contribution is -2.30. The van der Waals surface area contributed by atoms with E-state index in [0.29, 0.717) is 19.4 Å². The number of hydrogen-bond acceptors (Lipinski definition) is 6. The molecule has 256 valence electrons. The molecule has 0 heterocycles. The third kappa shape index (κ3) is 30.2. The molecule has 0 saturated heterocycles. The van der Waals surface area contributed by atoms with Crippen LogP contribution in [0.4, 0.5) is 0 Å². The molecule has 0 aromatic carbocycles. The van der Waals surface area contributed by atoms with E-state index in [1.165, 1.54) is 38.5 Å². The van der Waals surface area contributed by atoms with E-state index in [9.17, 15) is 14.4 Å². The molecule has 7 nitrogen and oxygen atoms in total. The normalized spacial score (nSPS) is 11.9. The van der Waals surface area contributed by atoms with Gasteiger partial charge in [0.05, 0.1) is 6.61 Å². The highest BCUT2D eigenvalue weighted by Crippen LogP contribution is 2.16. The van der Waals surface area contributed by atoms with Crippen molar-refractivity contribution >= 4 is 17.8 Å². The van der Waals surface area contributed by atoms with Crippen molar-refractivity contribution in [2.75, 3.05) is 32.8 Å². The minimum absolute atomic E-state index is 0. The number of amides is 1. The van der Waals surface area contributed by atoms with Crippen LogP contribution in [-0.2, 0) is 23.9 Å². The number of hydrogen-bond donors (Lipinski definition) is 1. The second-order valence-corrected chi connectivity index (χ2v) is 12.4. The molecule has 0 rings (SSSR count). The summed E-state index contributed by atoms with van der Waals surface area (Å²) in [6, 6.07) is 0. The van der Waals surface area contributed by atoms with E-state index in [-0.39, 0.29) is 25.4 Å². The number of unbranched alkanes of at least 4 members (excludes halogenated alkanes) is 13. The van der Waals surface area contributed by atoms with Crippen molar-refractivity contribution in [1.82, 2.24) is 10.2 Å². The second-order valence-electron chi connectivity index (χ2n) is 12.4. The first-order valence-electron chi connectivity index (χ1n) is 18.2. The van der Waals surface area contributed by atoms with Crippen LogP contribution in [0, 0.1) is 0 Å². The molecular weight excluding hydrogens is 540 g/mol. The molecule has 0 aromatic heterocycles. The molecule has 1 atom stereocenters. The maximum Gasteiger partial charge on any atom is 0.306 e. The standard InChI is InChI=1S/C36H70N2O5.H2/c1-5-8-17-25-34(24-10-7-3)43-36(41)27-19-14-12-16-21-30-38(31-23-28-37-33(4)39)29-20-15-11-13-18-26-35(40)42-32-22-9-6-2;/h34H,5-32H2,1-4H3,(H,37,39);1H. The molecule has 7 heteroatoms. The highest BCUT2D eigenvalue weighted by molar-refractivity contribution is 5.72. The Bertz CT molecular complexity index is 664. The monoisotopic (exact) mass is 613 g/mol. The van der Waals surface area contributed by atoms with Crippen LogP contribution in [0.5, 0.6) is 0 Å². The quantitative estimate of drug-likeness (QED) is 0.0602. The minimum Gasteiger partial charge on any atom is -0.466 e. The van der Waals surface area contributed by atoms with Crippen molar-refractivity contribution in [1.29, 1.82) is 0 Å². The van der Waals surface area contributed by atoms with Gasteiger partial charge in [-0.1, -0.05) is 97.8 Å². The van der Waals surface area contributed by atoms with E-state index in [1.54, 1.807) is 6.92 Å². The molecular formula is C36H72N2O5. The SMILES string of the molecule is CCCCCOC(=O)CCCCCCCN(CCCCCCCC(=O)OC(CCCC)CCCCC)CCCNC(C)=O.[HH]. The molecule has 0 aliphatic rings. The van der Waals surface area contributed by atoms with Crippen molar-refractivity contribution in [2.24, 2.45) is 0 Å². The Morgan fingerprint density at radius 2 is 1.12 bits per heavy atom. The summed E-state index contributed by atoms with van der Waals surface area (Å²) in [6.45, 7) is 12.6. The molecule has 0 bridgehead atoms. The van der Waals surface area contributed by atoms with E-state index in [1.807, 2.05) is 0 Å². The smallest absolute Gasteiger partial charge is 0.306 e. The van der Waals surface area contributed by atoms with Gasteiger partial charge < -0.3 is 19.7 Å². The largest absolute Gasteiger partial charge is 0.466 e. The fraction of sp³-hybridized carbons (Fsp3) is 0.917. The summed E-state index contributed by atoms with van der Waals surface area (Å²) in [5.74, 6) is -0.0197. The molecule has 1 amide bonds. The van der Waals surface area contributed by atoms with Crippen molar-refractivity contribution in [2.45, 2.75) is 181 Å². The topological polar surface area (TPSA) is 84.9 Å². The summed E-state index contributed by atoms with van der Waals surface area (Å²) in [5.41, 5.74) is 0.